The van der Waals surface area contributed by atoms with Crippen LogP contribution >= 0.6 is 0 Å². The molecule has 19 heavy (non-hydrogen) atoms. The van der Waals surface area contributed by atoms with Crippen molar-refractivity contribution < 1.29 is 0 Å². The topological polar surface area (TPSA) is 33.1 Å². The van der Waals surface area contributed by atoms with Crippen LogP contribution in [0.15, 0.2) is 30.3 Å². The van der Waals surface area contributed by atoms with Crippen molar-refractivity contribution in [3.8, 4) is 0 Å². The first-order valence-electron chi connectivity index (χ1n) is 6.72. The molecule has 0 fully saturated rings. The Bertz CT molecular complexity index is 559. The van der Waals surface area contributed by atoms with Crippen molar-refractivity contribution in [2.45, 2.75) is 26.2 Å². The summed E-state index contributed by atoms with van der Waals surface area (Å²) in [4.78, 5) is 2.47. The van der Waals surface area contributed by atoms with Gasteiger partial charge in [-0.05, 0) is 12.6 Å². The highest BCUT2D eigenvalue weighted by Gasteiger charge is 2.26. The van der Waals surface area contributed by atoms with Crippen LogP contribution in [0.1, 0.15) is 22.5 Å². The molecule has 0 aliphatic carbocycles. The van der Waals surface area contributed by atoms with Crippen LogP contribution in [-0.4, -0.2) is 21.7 Å². The van der Waals surface area contributed by atoms with E-state index in [-0.39, 0.29) is 0 Å². The van der Waals surface area contributed by atoms with Crippen molar-refractivity contribution in [2.75, 3.05) is 7.05 Å². The second kappa shape index (κ2) is 5.15. The quantitative estimate of drug-likeness (QED) is 0.903. The van der Waals surface area contributed by atoms with Crippen LogP contribution in [0.25, 0.3) is 0 Å². The summed E-state index contributed by atoms with van der Waals surface area (Å²) < 4.78 is 2.03. The third-order valence-corrected chi connectivity index (χ3v) is 3.71. The maximum absolute atomic E-state index is 4.59. The van der Waals surface area contributed by atoms with E-state index in [0.29, 0.717) is 0 Å². The largest absolute Gasteiger partial charge is 0.314 e. The summed E-state index contributed by atoms with van der Waals surface area (Å²) in [6.07, 6.45) is 0. The van der Waals surface area contributed by atoms with Crippen molar-refractivity contribution in [1.82, 2.24) is 20.0 Å². The van der Waals surface area contributed by atoms with E-state index in [1.165, 1.54) is 22.5 Å². The minimum absolute atomic E-state index is 0.850. The fourth-order valence-electron chi connectivity index (χ4n) is 2.80. The van der Waals surface area contributed by atoms with E-state index < -0.39 is 0 Å². The van der Waals surface area contributed by atoms with Gasteiger partial charge < -0.3 is 5.32 Å². The molecule has 1 aromatic carbocycles. The highest BCUT2D eigenvalue weighted by atomic mass is 15.3. The summed E-state index contributed by atoms with van der Waals surface area (Å²) in [5.41, 5.74) is 5.34. The molecule has 0 saturated heterocycles. The molecule has 1 aliphatic heterocycles. The first kappa shape index (κ1) is 12.4. The number of rotatable bonds is 4. The standard InChI is InChI=1S/C15H20N4/c1-16-8-14-13-10-19(11-15(13)18(2)17-14)9-12-6-4-3-5-7-12/h3-7,16H,8-11H2,1-2H3. The number of hydrogen-bond donors (Lipinski definition) is 1. The molecule has 100 valence electrons. The van der Waals surface area contributed by atoms with E-state index in [0.717, 1.165) is 26.2 Å². The molecule has 1 aromatic heterocycles. The van der Waals surface area contributed by atoms with Crippen molar-refractivity contribution >= 4 is 0 Å². The van der Waals surface area contributed by atoms with Gasteiger partial charge in [0.15, 0.2) is 0 Å². The lowest BCUT2D eigenvalue weighted by Gasteiger charge is -2.15. The van der Waals surface area contributed by atoms with Crippen LogP contribution in [-0.2, 0) is 33.2 Å². The first-order valence-corrected chi connectivity index (χ1v) is 6.72. The van der Waals surface area contributed by atoms with Gasteiger partial charge in [0.1, 0.15) is 0 Å². The van der Waals surface area contributed by atoms with Gasteiger partial charge >= 0.3 is 0 Å². The van der Waals surface area contributed by atoms with E-state index in [2.05, 4.69) is 45.6 Å². The van der Waals surface area contributed by atoms with Crippen molar-refractivity contribution in [1.29, 1.82) is 0 Å². The third kappa shape index (κ3) is 2.41. The third-order valence-electron chi connectivity index (χ3n) is 3.71. The number of hydrogen-bond acceptors (Lipinski definition) is 3. The van der Waals surface area contributed by atoms with Crippen LogP contribution in [0.2, 0.25) is 0 Å². The normalized spacial score (nSPS) is 14.8. The highest BCUT2D eigenvalue weighted by Crippen LogP contribution is 2.26. The number of benzene rings is 1. The smallest absolute Gasteiger partial charge is 0.0810 e. The number of fused-ring (bicyclic) bond motifs is 1. The summed E-state index contributed by atoms with van der Waals surface area (Å²) in [6, 6.07) is 10.7. The average molecular weight is 256 g/mol. The van der Waals surface area contributed by atoms with E-state index in [9.17, 15) is 0 Å². The van der Waals surface area contributed by atoms with E-state index in [4.69, 9.17) is 0 Å². The average Bonchev–Trinajstić information content (AvgIpc) is 2.93. The zero-order chi connectivity index (χ0) is 13.2. The second-order valence-electron chi connectivity index (χ2n) is 5.16. The molecule has 1 aliphatic rings. The molecule has 4 heteroatoms. The van der Waals surface area contributed by atoms with Gasteiger partial charge in [0, 0.05) is 38.8 Å². The van der Waals surface area contributed by atoms with E-state index in [1.807, 2.05) is 18.8 Å². The van der Waals surface area contributed by atoms with Crippen LogP contribution in [0, 0.1) is 0 Å². The van der Waals surface area contributed by atoms with Gasteiger partial charge in [-0.2, -0.15) is 5.10 Å². The van der Waals surface area contributed by atoms with Crippen molar-refractivity contribution in [2.24, 2.45) is 7.05 Å². The molecule has 0 bridgehead atoms. The Labute approximate surface area is 114 Å². The van der Waals surface area contributed by atoms with Gasteiger partial charge in [0.2, 0.25) is 0 Å². The SMILES string of the molecule is CNCc1nn(C)c2c1CN(Cc1ccccc1)C2. The summed E-state index contributed by atoms with van der Waals surface area (Å²) >= 11 is 0. The predicted octanol–water partition coefficient (Wildman–Crippen LogP) is 1.66. The fourth-order valence-corrected chi connectivity index (χ4v) is 2.80. The Morgan fingerprint density at radius 1 is 1.21 bits per heavy atom. The fraction of sp³-hybridized carbons (Fsp3) is 0.400. The first-order chi connectivity index (χ1) is 9.28. The van der Waals surface area contributed by atoms with Crippen LogP contribution < -0.4 is 5.32 Å². The molecule has 0 amide bonds. The Morgan fingerprint density at radius 3 is 2.74 bits per heavy atom. The van der Waals surface area contributed by atoms with Gasteiger partial charge in [0.05, 0.1) is 11.4 Å². The molecule has 2 aromatic rings. The lowest BCUT2D eigenvalue weighted by atomic mass is 10.2. The summed E-state index contributed by atoms with van der Waals surface area (Å²) in [6.45, 7) is 3.86. The van der Waals surface area contributed by atoms with Gasteiger partial charge in [0.25, 0.3) is 0 Å². The number of nitrogens with zero attached hydrogens (tertiary/aromatic N) is 3. The van der Waals surface area contributed by atoms with E-state index >= 15 is 0 Å². The molecule has 4 nitrogen and oxygen atoms in total. The number of nitrogens with one attached hydrogen (secondary N) is 1. The molecular weight excluding hydrogens is 236 g/mol. The predicted molar refractivity (Wildman–Crippen MR) is 75.4 cm³/mol. The lowest BCUT2D eigenvalue weighted by Crippen LogP contribution is -2.18. The van der Waals surface area contributed by atoms with Gasteiger partial charge in [-0.15, -0.1) is 0 Å². The minimum Gasteiger partial charge on any atom is -0.314 e. The lowest BCUT2D eigenvalue weighted by molar-refractivity contribution is 0.268. The maximum Gasteiger partial charge on any atom is 0.0810 e. The molecule has 0 spiro atoms. The molecule has 3 rings (SSSR count). The number of aryl methyl sites for hydroxylation is 1. The Kier molecular flexibility index (Phi) is 3.36. The second-order valence-corrected chi connectivity index (χ2v) is 5.16. The molecule has 2 heterocycles. The van der Waals surface area contributed by atoms with Crippen molar-refractivity contribution in [3.63, 3.8) is 0 Å². The van der Waals surface area contributed by atoms with Crippen LogP contribution in [0.3, 0.4) is 0 Å². The zero-order valence-corrected chi connectivity index (χ0v) is 11.6. The molecular formula is C15H20N4. The van der Waals surface area contributed by atoms with Gasteiger partial charge in [-0.1, -0.05) is 30.3 Å². The maximum atomic E-state index is 4.59. The van der Waals surface area contributed by atoms with Crippen LogP contribution in [0.4, 0.5) is 0 Å². The molecule has 0 radical (unpaired) electrons. The van der Waals surface area contributed by atoms with Crippen molar-refractivity contribution in [3.05, 3.63) is 52.8 Å². The van der Waals surface area contributed by atoms with Gasteiger partial charge in [-0.25, -0.2) is 0 Å². The Balaban J connectivity index is 1.75. The molecule has 0 atom stereocenters. The summed E-state index contributed by atoms with van der Waals surface area (Å²) in [5, 5.41) is 7.79. The zero-order valence-electron chi connectivity index (χ0n) is 11.6. The Morgan fingerprint density at radius 2 is 2.00 bits per heavy atom. The highest BCUT2D eigenvalue weighted by molar-refractivity contribution is 5.30. The molecule has 1 N–H and O–H groups in total. The molecule has 0 unspecified atom stereocenters. The molecule has 0 saturated carbocycles. The summed E-state index contributed by atoms with van der Waals surface area (Å²) in [5.74, 6) is 0. The number of aromatic nitrogens is 2. The van der Waals surface area contributed by atoms with Gasteiger partial charge in [-0.3, -0.25) is 9.58 Å². The van der Waals surface area contributed by atoms with Crippen LogP contribution in [0.5, 0.6) is 0 Å². The van der Waals surface area contributed by atoms with E-state index in [1.54, 1.807) is 0 Å². The summed E-state index contributed by atoms with van der Waals surface area (Å²) in [7, 11) is 4.02. The Hall–Kier alpha value is -1.65. The minimum atomic E-state index is 0.850. The monoisotopic (exact) mass is 256 g/mol.